The van der Waals surface area contributed by atoms with Gasteiger partial charge in [0.2, 0.25) is 0 Å². The van der Waals surface area contributed by atoms with Crippen LogP contribution in [0, 0.1) is 5.92 Å². The lowest BCUT2D eigenvalue weighted by Gasteiger charge is -2.44. The first kappa shape index (κ1) is 39.7. The number of hydrazine groups is 2. The van der Waals surface area contributed by atoms with Crippen LogP contribution in [0.1, 0.15) is 163 Å². The number of unbranched alkanes of at least 4 members (excludes halogenated alkanes) is 11. The first-order chi connectivity index (χ1) is 23.5. The predicted octanol–water partition coefficient (Wildman–Crippen LogP) is 11.8. The predicted molar refractivity (Wildman–Crippen MR) is 219 cm³/mol. The van der Waals surface area contributed by atoms with E-state index >= 15 is 0 Å². The smallest absolute Gasteiger partial charge is 0.0733 e. The maximum atomic E-state index is 4.11. The summed E-state index contributed by atoms with van der Waals surface area (Å²) in [5, 5.41) is 2.41. The Morgan fingerprint density at radius 2 is 1.08 bits per heavy atom. The molecular formula is C38H63Br2N5S3. The molecule has 1 saturated carbocycles. The van der Waals surface area contributed by atoms with E-state index in [4.69, 9.17) is 0 Å². The van der Waals surface area contributed by atoms with Crippen molar-refractivity contribution in [3.63, 3.8) is 0 Å². The Balaban J connectivity index is 1.36. The van der Waals surface area contributed by atoms with Gasteiger partial charge in [-0.3, -0.25) is 0 Å². The number of rotatable bonds is 22. The van der Waals surface area contributed by atoms with Crippen LogP contribution in [-0.2, 0) is 12.8 Å². The molecule has 2 aliphatic heterocycles. The van der Waals surface area contributed by atoms with Crippen molar-refractivity contribution < 1.29 is 0 Å². The van der Waals surface area contributed by atoms with E-state index in [1.165, 1.54) is 144 Å². The third-order valence-corrected chi connectivity index (χ3v) is 16.0. The molecule has 2 saturated heterocycles. The monoisotopic (exact) mass is 843 g/mol. The molecule has 272 valence electrons. The van der Waals surface area contributed by atoms with Gasteiger partial charge in [0.05, 0.1) is 7.57 Å². The number of nitrogens with zero attached hydrogens (tertiary/aromatic N) is 1. The zero-order chi connectivity index (χ0) is 33.9. The van der Waals surface area contributed by atoms with Gasteiger partial charge < -0.3 is 0 Å². The van der Waals surface area contributed by atoms with Gasteiger partial charge in [-0.15, -0.1) is 22.7 Å². The highest BCUT2D eigenvalue weighted by atomic mass is 79.9. The second-order valence-electron chi connectivity index (χ2n) is 14.7. The maximum Gasteiger partial charge on any atom is 0.0733 e. The summed E-state index contributed by atoms with van der Waals surface area (Å²) in [4.78, 5) is 3.04. The molecule has 1 aliphatic carbocycles. The summed E-state index contributed by atoms with van der Waals surface area (Å²) >= 11 is 13.8. The molecule has 3 fully saturated rings. The molecule has 0 bridgehead atoms. The fourth-order valence-corrected chi connectivity index (χ4v) is 13.2. The summed E-state index contributed by atoms with van der Waals surface area (Å²) in [6.45, 7) is 10.3. The van der Waals surface area contributed by atoms with E-state index in [-0.39, 0.29) is 0 Å². The Bertz CT molecular complexity index is 1140. The fourth-order valence-electron chi connectivity index (χ4n) is 8.23. The zero-order valence-electron chi connectivity index (χ0n) is 30.1. The fraction of sp³-hybridized carbons (Fsp3) is 0.789. The molecule has 2 aromatic heterocycles. The molecule has 7 atom stereocenters. The van der Waals surface area contributed by atoms with Crippen LogP contribution in [0.4, 0.5) is 0 Å². The van der Waals surface area contributed by atoms with Crippen LogP contribution in [0.15, 0.2) is 19.7 Å². The van der Waals surface area contributed by atoms with E-state index in [2.05, 4.69) is 97.1 Å². The van der Waals surface area contributed by atoms with Crippen LogP contribution >= 0.6 is 66.7 Å². The topological polar surface area (TPSA) is 51.4 Å². The number of thiophene rings is 2. The van der Waals surface area contributed by atoms with E-state index in [9.17, 15) is 0 Å². The van der Waals surface area contributed by atoms with Crippen molar-refractivity contribution in [3.8, 4) is 0 Å². The summed E-state index contributed by atoms with van der Waals surface area (Å²) in [5.41, 5.74) is 11.2. The number of halogens is 2. The van der Waals surface area contributed by atoms with E-state index in [0.717, 1.165) is 6.54 Å². The van der Waals surface area contributed by atoms with E-state index in [1.807, 2.05) is 22.7 Å². The Hall–Kier alpha value is 0.510. The summed E-state index contributed by atoms with van der Waals surface area (Å²) in [6, 6.07) is 6.48. The molecule has 4 N–H and O–H groups in total. The molecule has 5 rings (SSSR count). The summed E-state index contributed by atoms with van der Waals surface area (Å²) in [7, 11) is 0. The Morgan fingerprint density at radius 3 is 1.54 bits per heavy atom. The van der Waals surface area contributed by atoms with Crippen molar-refractivity contribution in [2.24, 2.45) is 5.92 Å². The molecule has 2 aromatic rings. The average molecular weight is 846 g/mol. The van der Waals surface area contributed by atoms with Crippen LogP contribution in [0.3, 0.4) is 0 Å². The van der Waals surface area contributed by atoms with Crippen LogP contribution in [0.2, 0.25) is 0 Å². The zero-order valence-corrected chi connectivity index (χ0v) is 35.7. The van der Waals surface area contributed by atoms with E-state index in [0.29, 0.717) is 41.9 Å². The van der Waals surface area contributed by atoms with Gasteiger partial charge in [-0.2, -0.15) is 5.12 Å². The van der Waals surface area contributed by atoms with Crippen molar-refractivity contribution >= 4 is 66.7 Å². The molecule has 0 spiro atoms. The molecular weight excluding hydrogens is 782 g/mol. The molecule has 0 radical (unpaired) electrons. The van der Waals surface area contributed by atoms with Crippen molar-refractivity contribution in [2.45, 2.75) is 179 Å². The van der Waals surface area contributed by atoms with Gasteiger partial charge >= 0.3 is 0 Å². The standard InChI is InChI=1S/C38H63Br2N5S3/c1-5-9-12-14-16-18-21-27-23-29(46-37(27)39)31-33-34(42-45(41-33)25-26(8-4)20-11-7-3)32(36-35(31)43-48-44-36)30-24-28(38(40)47-30)22-19-17-15-13-10-6-2/h23-24,26,31-36,41-44H,5-22,25H2,1-4H3. The highest BCUT2D eigenvalue weighted by Crippen LogP contribution is 2.50. The quantitative estimate of drug-likeness (QED) is 0.0700. The first-order valence-electron chi connectivity index (χ1n) is 19.5. The number of fused-ring (bicyclic) bond motifs is 2. The molecule has 3 aliphatic rings. The number of nitrogens with one attached hydrogen (secondary N) is 4. The van der Waals surface area contributed by atoms with E-state index in [1.54, 1.807) is 12.1 Å². The van der Waals surface area contributed by atoms with Crippen molar-refractivity contribution in [1.29, 1.82) is 0 Å². The SMILES string of the molecule is CCCCCCCCc1cc(C2C3NSNC3C(c3cc(CCCCCCCC)c(Br)s3)C3NN(CC(CC)CCCC)NC32)sc1Br. The molecule has 10 heteroatoms. The second-order valence-corrected chi connectivity index (χ2v) is 20.2. The number of hydrogen-bond acceptors (Lipinski definition) is 8. The Morgan fingerprint density at radius 1 is 0.625 bits per heavy atom. The van der Waals surface area contributed by atoms with Crippen molar-refractivity contribution in [2.75, 3.05) is 6.54 Å². The summed E-state index contributed by atoms with van der Waals surface area (Å²) < 4.78 is 10.5. The van der Waals surface area contributed by atoms with Gasteiger partial charge in [-0.25, -0.2) is 20.3 Å². The Labute approximate surface area is 322 Å². The molecule has 48 heavy (non-hydrogen) atoms. The minimum absolute atomic E-state index is 0.322. The largest absolute Gasteiger partial charge is 0.245 e. The van der Waals surface area contributed by atoms with Crippen LogP contribution in [-0.4, -0.2) is 35.8 Å². The third-order valence-electron chi connectivity index (χ3n) is 11.1. The summed E-state index contributed by atoms with van der Waals surface area (Å²) in [6.07, 6.45) is 23.6. The van der Waals surface area contributed by atoms with Gasteiger partial charge in [0.1, 0.15) is 0 Å². The summed E-state index contributed by atoms with van der Waals surface area (Å²) in [5.74, 6) is 1.48. The molecule has 0 aromatic carbocycles. The van der Waals surface area contributed by atoms with Crippen LogP contribution in [0.5, 0.6) is 0 Å². The molecule has 0 amide bonds. The second kappa shape index (κ2) is 20.7. The highest BCUT2D eigenvalue weighted by molar-refractivity contribution is 9.11. The lowest BCUT2D eigenvalue weighted by Crippen LogP contribution is -2.61. The number of hydrogen-bond donors (Lipinski definition) is 4. The molecule has 7 unspecified atom stereocenters. The lowest BCUT2D eigenvalue weighted by molar-refractivity contribution is 0.128. The van der Waals surface area contributed by atoms with Gasteiger partial charge in [0, 0.05) is 64.4 Å². The highest BCUT2D eigenvalue weighted by Gasteiger charge is 2.57. The minimum atomic E-state index is 0.322. The number of aryl methyl sites for hydroxylation is 2. The van der Waals surface area contributed by atoms with Crippen molar-refractivity contribution in [3.05, 3.63) is 40.6 Å². The third kappa shape index (κ3) is 10.3. The van der Waals surface area contributed by atoms with Gasteiger partial charge in [-0.1, -0.05) is 111 Å². The molecule has 4 heterocycles. The van der Waals surface area contributed by atoms with Gasteiger partial charge in [-0.05, 0) is 93.1 Å². The van der Waals surface area contributed by atoms with Crippen LogP contribution < -0.4 is 20.3 Å². The molecule has 5 nitrogen and oxygen atoms in total. The first-order valence-corrected chi connectivity index (χ1v) is 23.5. The van der Waals surface area contributed by atoms with Gasteiger partial charge in [0.25, 0.3) is 0 Å². The van der Waals surface area contributed by atoms with E-state index < -0.39 is 0 Å². The van der Waals surface area contributed by atoms with Crippen LogP contribution in [0.25, 0.3) is 0 Å². The Kier molecular flexibility index (Phi) is 17.1. The average Bonchev–Trinajstić information content (AvgIpc) is 3.88. The van der Waals surface area contributed by atoms with Crippen molar-refractivity contribution in [1.82, 2.24) is 25.4 Å². The maximum absolute atomic E-state index is 4.11. The minimum Gasteiger partial charge on any atom is -0.245 e. The lowest BCUT2D eigenvalue weighted by atomic mass is 9.68. The normalized spacial score (nSPS) is 26.3. The van der Waals surface area contributed by atoms with Gasteiger partial charge in [0.15, 0.2) is 0 Å².